The molecule has 0 radical (unpaired) electrons. The highest BCUT2D eigenvalue weighted by atomic mass is 19.1. The van der Waals surface area contributed by atoms with Crippen molar-refractivity contribution in [2.45, 2.75) is 19.9 Å². The van der Waals surface area contributed by atoms with Crippen LogP contribution in [0, 0.1) is 5.82 Å². The van der Waals surface area contributed by atoms with Gasteiger partial charge in [-0.25, -0.2) is 9.49 Å². The van der Waals surface area contributed by atoms with E-state index in [2.05, 4.69) is 20.6 Å². The van der Waals surface area contributed by atoms with Gasteiger partial charge >= 0.3 is 0 Å². The molecule has 0 spiro atoms. The molecule has 0 fully saturated rings. The molecule has 1 aromatic heterocycles. The second-order valence-corrected chi connectivity index (χ2v) is 5.23. The molecule has 1 heterocycles. The summed E-state index contributed by atoms with van der Waals surface area (Å²) in [5.41, 5.74) is 1.88. The van der Waals surface area contributed by atoms with Gasteiger partial charge in [0.1, 0.15) is 5.82 Å². The molecule has 0 atom stereocenters. The van der Waals surface area contributed by atoms with Crippen molar-refractivity contribution >= 4 is 11.6 Å². The van der Waals surface area contributed by atoms with Crippen molar-refractivity contribution in [3.05, 3.63) is 59.9 Å². The van der Waals surface area contributed by atoms with Gasteiger partial charge in [0.15, 0.2) is 5.82 Å². The number of rotatable bonds is 5. The van der Waals surface area contributed by atoms with Gasteiger partial charge in [0.25, 0.3) is 0 Å². The van der Waals surface area contributed by atoms with Gasteiger partial charge in [-0.1, -0.05) is 37.3 Å². The molecule has 3 rings (SSSR count). The fraction of sp³-hybridized carbons (Fsp3) is 0.176. The van der Waals surface area contributed by atoms with Crippen LogP contribution in [0.15, 0.2) is 48.5 Å². The average Bonchev–Trinajstić information content (AvgIpc) is 3.15. The van der Waals surface area contributed by atoms with E-state index in [1.165, 1.54) is 6.07 Å². The molecule has 3 aromatic rings. The highest BCUT2D eigenvalue weighted by Gasteiger charge is 2.17. The van der Waals surface area contributed by atoms with Crippen LogP contribution in [-0.4, -0.2) is 26.5 Å². The predicted octanol–water partition coefficient (Wildman–Crippen LogP) is 2.95. The first-order valence-corrected chi connectivity index (χ1v) is 7.57. The topological polar surface area (TPSA) is 74.8 Å². The van der Waals surface area contributed by atoms with Crippen molar-refractivity contribution in [2.75, 3.05) is 4.90 Å². The number of nitrogens with one attached hydrogen (secondary N) is 1. The van der Waals surface area contributed by atoms with Crippen LogP contribution in [-0.2, 0) is 11.3 Å². The van der Waals surface area contributed by atoms with Gasteiger partial charge in [0.05, 0.1) is 6.54 Å². The van der Waals surface area contributed by atoms with E-state index in [1.807, 2.05) is 18.2 Å². The summed E-state index contributed by atoms with van der Waals surface area (Å²) in [6.07, 6.45) is 0.322. The molecule has 1 N–H and O–H groups in total. The van der Waals surface area contributed by atoms with E-state index in [1.54, 1.807) is 36.1 Å². The van der Waals surface area contributed by atoms with Gasteiger partial charge < -0.3 is 4.90 Å². The van der Waals surface area contributed by atoms with Crippen molar-refractivity contribution in [1.82, 2.24) is 20.6 Å². The summed E-state index contributed by atoms with van der Waals surface area (Å²) >= 11 is 0. The maximum absolute atomic E-state index is 14.0. The molecule has 0 unspecified atom stereocenters. The highest BCUT2D eigenvalue weighted by molar-refractivity contribution is 5.93. The van der Waals surface area contributed by atoms with Gasteiger partial charge in [-0.05, 0) is 28.6 Å². The molecule has 122 valence electrons. The summed E-state index contributed by atoms with van der Waals surface area (Å²) < 4.78 is 14.0. The lowest BCUT2D eigenvalue weighted by molar-refractivity contribution is -0.118. The minimum atomic E-state index is -0.331. The van der Waals surface area contributed by atoms with Crippen molar-refractivity contribution < 1.29 is 9.18 Å². The number of aromatic amines is 1. The third kappa shape index (κ3) is 3.29. The number of hydrogen-bond acceptors (Lipinski definition) is 4. The zero-order chi connectivity index (χ0) is 16.9. The smallest absolute Gasteiger partial charge is 0.227 e. The quantitative estimate of drug-likeness (QED) is 0.782. The van der Waals surface area contributed by atoms with E-state index in [0.29, 0.717) is 23.5 Å². The number of carbonyl (C=O) groups excluding carboxylic acids is 1. The lowest BCUT2D eigenvalue weighted by Crippen LogP contribution is -2.30. The SMILES string of the molecule is CCC(=O)N(Cc1ccccc1F)c1cccc(-c2nnn[nH]2)c1. The van der Waals surface area contributed by atoms with Gasteiger partial charge in [-0.15, -0.1) is 5.10 Å². The van der Waals surface area contributed by atoms with Crippen LogP contribution < -0.4 is 4.90 Å². The molecule has 7 heteroatoms. The fourth-order valence-corrected chi connectivity index (χ4v) is 2.41. The van der Waals surface area contributed by atoms with E-state index in [-0.39, 0.29) is 18.3 Å². The number of nitrogens with zero attached hydrogens (tertiary/aromatic N) is 4. The number of tetrazole rings is 1. The molecular formula is C17H16FN5O. The Hall–Kier alpha value is -3.09. The van der Waals surface area contributed by atoms with Crippen molar-refractivity contribution in [3.8, 4) is 11.4 Å². The summed E-state index contributed by atoms with van der Waals surface area (Å²) in [6, 6.07) is 13.7. The van der Waals surface area contributed by atoms with Crippen LogP contribution in [0.25, 0.3) is 11.4 Å². The Balaban J connectivity index is 1.96. The summed E-state index contributed by atoms with van der Waals surface area (Å²) in [7, 11) is 0. The number of aromatic nitrogens is 4. The molecule has 1 amide bonds. The molecule has 0 aliphatic heterocycles. The zero-order valence-electron chi connectivity index (χ0n) is 13.1. The molecule has 6 nitrogen and oxygen atoms in total. The Labute approximate surface area is 138 Å². The lowest BCUT2D eigenvalue weighted by Gasteiger charge is -2.23. The summed E-state index contributed by atoms with van der Waals surface area (Å²) in [5, 5.41) is 13.7. The van der Waals surface area contributed by atoms with Crippen LogP contribution in [0.2, 0.25) is 0 Å². The molecule has 0 aliphatic rings. The summed E-state index contributed by atoms with van der Waals surface area (Å²) in [5.74, 6) is 0.0831. The minimum Gasteiger partial charge on any atom is -0.308 e. The Morgan fingerprint density at radius 3 is 2.75 bits per heavy atom. The van der Waals surface area contributed by atoms with Crippen molar-refractivity contribution in [2.24, 2.45) is 0 Å². The number of carbonyl (C=O) groups is 1. The third-order valence-corrected chi connectivity index (χ3v) is 3.67. The maximum Gasteiger partial charge on any atom is 0.227 e. The number of amides is 1. The number of halogens is 1. The average molecular weight is 325 g/mol. The number of anilines is 1. The number of hydrogen-bond donors (Lipinski definition) is 1. The first-order valence-electron chi connectivity index (χ1n) is 7.57. The molecular weight excluding hydrogens is 309 g/mol. The van der Waals surface area contributed by atoms with Crippen LogP contribution in [0.4, 0.5) is 10.1 Å². The third-order valence-electron chi connectivity index (χ3n) is 3.67. The van der Waals surface area contributed by atoms with Crippen LogP contribution in [0.3, 0.4) is 0 Å². The second kappa shape index (κ2) is 6.99. The van der Waals surface area contributed by atoms with E-state index >= 15 is 0 Å². The molecule has 24 heavy (non-hydrogen) atoms. The van der Waals surface area contributed by atoms with Gasteiger partial charge in [0.2, 0.25) is 5.91 Å². The number of H-pyrrole nitrogens is 1. The number of benzene rings is 2. The van der Waals surface area contributed by atoms with Gasteiger partial charge in [-0.2, -0.15) is 0 Å². The Bertz CT molecular complexity index is 835. The van der Waals surface area contributed by atoms with E-state index in [9.17, 15) is 9.18 Å². The first-order chi connectivity index (χ1) is 11.7. The predicted molar refractivity (Wildman–Crippen MR) is 87.5 cm³/mol. The van der Waals surface area contributed by atoms with Crippen LogP contribution in [0.5, 0.6) is 0 Å². The maximum atomic E-state index is 14.0. The molecule has 2 aromatic carbocycles. The van der Waals surface area contributed by atoms with Crippen molar-refractivity contribution in [3.63, 3.8) is 0 Å². The molecule has 0 saturated carbocycles. The van der Waals surface area contributed by atoms with Gasteiger partial charge in [-0.3, -0.25) is 4.79 Å². The monoisotopic (exact) mass is 325 g/mol. The normalized spacial score (nSPS) is 10.6. The summed E-state index contributed by atoms with van der Waals surface area (Å²) in [6.45, 7) is 1.94. The van der Waals surface area contributed by atoms with Gasteiger partial charge in [0, 0.05) is 23.2 Å². The Morgan fingerprint density at radius 2 is 2.04 bits per heavy atom. The van der Waals surface area contributed by atoms with E-state index < -0.39 is 0 Å². The highest BCUT2D eigenvalue weighted by Crippen LogP contribution is 2.24. The molecule has 0 aliphatic carbocycles. The lowest BCUT2D eigenvalue weighted by atomic mass is 10.1. The molecule has 0 bridgehead atoms. The summed E-state index contributed by atoms with van der Waals surface area (Å²) in [4.78, 5) is 13.9. The van der Waals surface area contributed by atoms with Crippen molar-refractivity contribution in [1.29, 1.82) is 0 Å². The largest absolute Gasteiger partial charge is 0.308 e. The minimum absolute atomic E-state index is 0.0916. The Morgan fingerprint density at radius 1 is 1.21 bits per heavy atom. The zero-order valence-corrected chi connectivity index (χ0v) is 13.1. The molecule has 0 saturated heterocycles. The fourth-order valence-electron chi connectivity index (χ4n) is 2.41. The van der Waals surface area contributed by atoms with Crippen LogP contribution in [0.1, 0.15) is 18.9 Å². The van der Waals surface area contributed by atoms with Crippen LogP contribution >= 0.6 is 0 Å². The first kappa shape index (κ1) is 15.8. The second-order valence-electron chi connectivity index (χ2n) is 5.23. The Kier molecular flexibility index (Phi) is 4.60. The van der Waals surface area contributed by atoms with E-state index in [0.717, 1.165) is 5.56 Å². The standard InChI is InChI=1S/C17H16FN5O/c1-2-16(24)23(11-13-6-3-4-9-15(13)18)14-8-5-7-12(10-14)17-19-21-22-20-17/h3-10H,2,11H2,1H3,(H,19,20,21,22). The van der Waals surface area contributed by atoms with E-state index in [4.69, 9.17) is 0 Å².